The van der Waals surface area contributed by atoms with Crippen LogP contribution in [0.5, 0.6) is 0 Å². The number of likely N-dealkylation sites (N-methyl/N-ethyl adjacent to an activating group) is 1. The summed E-state index contributed by atoms with van der Waals surface area (Å²) in [4.78, 5) is 4.50. The van der Waals surface area contributed by atoms with E-state index in [0.717, 1.165) is 24.7 Å². The minimum Gasteiger partial charge on any atom is -0.339 e. The molecule has 4 nitrogen and oxygen atoms in total. The molecule has 0 aliphatic heterocycles. The summed E-state index contributed by atoms with van der Waals surface area (Å²) < 4.78 is 5.26. The summed E-state index contributed by atoms with van der Waals surface area (Å²) in [6.45, 7) is 0.895. The second kappa shape index (κ2) is 5.99. The van der Waals surface area contributed by atoms with E-state index in [9.17, 15) is 0 Å². The molecule has 0 atom stereocenters. The molecule has 0 bridgehead atoms. The van der Waals surface area contributed by atoms with Crippen molar-refractivity contribution < 1.29 is 4.52 Å². The highest BCUT2D eigenvalue weighted by Crippen LogP contribution is 2.29. The Labute approximate surface area is 96.8 Å². The van der Waals surface area contributed by atoms with E-state index in [1.54, 1.807) is 0 Å². The lowest BCUT2D eigenvalue weighted by molar-refractivity contribution is 0.366. The van der Waals surface area contributed by atoms with Crippen LogP contribution in [0, 0.1) is 0 Å². The van der Waals surface area contributed by atoms with Crippen molar-refractivity contribution in [2.24, 2.45) is 0 Å². The zero-order chi connectivity index (χ0) is 11.2. The fraction of sp³-hybridized carbons (Fsp3) is 0.833. The predicted octanol–water partition coefficient (Wildman–Crippen LogP) is 2.27. The standard InChI is InChI=1S/C12H21N3O/c1-13-9-8-11-14-12(15-16-11)10-6-4-2-3-5-7-10/h10,13H,2-9H2,1H3. The van der Waals surface area contributed by atoms with E-state index < -0.39 is 0 Å². The average molecular weight is 223 g/mol. The van der Waals surface area contributed by atoms with Gasteiger partial charge in [-0.2, -0.15) is 4.98 Å². The van der Waals surface area contributed by atoms with Crippen molar-refractivity contribution >= 4 is 0 Å². The van der Waals surface area contributed by atoms with Crippen molar-refractivity contribution in [2.75, 3.05) is 13.6 Å². The van der Waals surface area contributed by atoms with E-state index in [-0.39, 0.29) is 0 Å². The second-order valence-corrected chi connectivity index (χ2v) is 4.59. The van der Waals surface area contributed by atoms with Crippen LogP contribution in [-0.4, -0.2) is 23.7 Å². The molecule has 0 amide bonds. The van der Waals surface area contributed by atoms with Crippen LogP contribution >= 0.6 is 0 Å². The van der Waals surface area contributed by atoms with E-state index in [1.165, 1.54) is 38.5 Å². The molecule has 0 unspecified atom stereocenters. The zero-order valence-electron chi connectivity index (χ0n) is 10.0. The molecule has 1 heterocycles. The predicted molar refractivity (Wildman–Crippen MR) is 62.4 cm³/mol. The molecule has 1 N–H and O–H groups in total. The number of hydrogen-bond acceptors (Lipinski definition) is 4. The molecule has 1 aliphatic carbocycles. The van der Waals surface area contributed by atoms with Gasteiger partial charge in [0.1, 0.15) is 0 Å². The number of nitrogens with zero attached hydrogens (tertiary/aromatic N) is 2. The normalized spacial score (nSPS) is 18.6. The Morgan fingerprint density at radius 3 is 2.69 bits per heavy atom. The Hall–Kier alpha value is -0.900. The molecular formula is C12H21N3O. The number of rotatable bonds is 4. The number of nitrogens with one attached hydrogen (secondary N) is 1. The molecular weight excluding hydrogens is 202 g/mol. The Balaban J connectivity index is 1.94. The van der Waals surface area contributed by atoms with Gasteiger partial charge >= 0.3 is 0 Å². The van der Waals surface area contributed by atoms with Crippen molar-refractivity contribution in [1.29, 1.82) is 0 Å². The lowest BCUT2D eigenvalue weighted by Crippen LogP contribution is -2.10. The minimum atomic E-state index is 0.537. The summed E-state index contributed by atoms with van der Waals surface area (Å²) in [7, 11) is 1.93. The third-order valence-corrected chi connectivity index (χ3v) is 3.29. The monoisotopic (exact) mass is 223 g/mol. The van der Waals surface area contributed by atoms with Crippen LogP contribution in [0.25, 0.3) is 0 Å². The van der Waals surface area contributed by atoms with Gasteiger partial charge < -0.3 is 9.84 Å². The molecule has 0 radical (unpaired) electrons. The van der Waals surface area contributed by atoms with Crippen LogP contribution < -0.4 is 5.32 Å². The third kappa shape index (κ3) is 3.04. The van der Waals surface area contributed by atoms with Gasteiger partial charge in [0.2, 0.25) is 5.89 Å². The first-order chi connectivity index (χ1) is 7.90. The molecule has 2 rings (SSSR count). The topological polar surface area (TPSA) is 51.0 Å². The fourth-order valence-electron chi connectivity index (χ4n) is 2.30. The summed E-state index contributed by atoms with van der Waals surface area (Å²) in [5.41, 5.74) is 0. The van der Waals surface area contributed by atoms with Gasteiger partial charge in [0, 0.05) is 18.9 Å². The zero-order valence-corrected chi connectivity index (χ0v) is 10.0. The van der Waals surface area contributed by atoms with Gasteiger partial charge in [0.15, 0.2) is 5.82 Å². The molecule has 0 aromatic carbocycles. The summed E-state index contributed by atoms with van der Waals surface area (Å²) >= 11 is 0. The van der Waals surface area contributed by atoms with E-state index >= 15 is 0 Å². The van der Waals surface area contributed by atoms with E-state index in [2.05, 4.69) is 15.5 Å². The van der Waals surface area contributed by atoms with Crippen LogP contribution in [-0.2, 0) is 6.42 Å². The molecule has 1 aromatic heterocycles. The van der Waals surface area contributed by atoms with Crippen LogP contribution in [0.2, 0.25) is 0 Å². The molecule has 1 aliphatic rings. The summed E-state index contributed by atoms with van der Waals surface area (Å²) in [6.07, 6.45) is 8.63. The van der Waals surface area contributed by atoms with Gasteiger partial charge in [-0.1, -0.05) is 30.8 Å². The quantitative estimate of drug-likeness (QED) is 0.795. The summed E-state index contributed by atoms with van der Waals surface area (Å²) in [6, 6.07) is 0. The number of hydrogen-bond donors (Lipinski definition) is 1. The van der Waals surface area contributed by atoms with Crippen molar-refractivity contribution in [3.05, 3.63) is 11.7 Å². The molecule has 0 spiro atoms. The molecule has 0 saturated heterocycles. The molecule has 16 heavy (non-hydrogen) atoms. The highest BCUT2D eigenvalue weighted by Gasteiger charge is 2.19. The van der Waals surface area contributed by atoms with Crippen molar-refractivity contribution in [3.8, 4) is 0 Å². The molecule has 1 aromatic rings. The first kappa shape index (κ1) is 11.6. The van der Waals surface area contributed by atoms with Crippen LogP contribution in [0.1, 0.15) is 56.2 Å². The van der Waals surface area contributed by atoms with Gasteiger partial charge in [0.05, 0.1) is 0 Å². The molecule has 4 heteroatoms. The van der Waals surface area contributed by atoms with E-state index in [1.807, 2.05) is 7.05 Å². The first-order valence-corrected chi connectivity index (χ1v) is 6.37. The van der Waals surface area contributed by atoms with Crippen molar-refractivity contribution in [2.45, 2.75) is 50.9 Å². The van der Waals surface area contributed by atoms with E-state index in [4.69, 9.17) is 4.52 Å². The Morgan fingerprint density at radius 2 is 2.00 bits per heavy atom. The van der Waals surface area contributed by atoms with Gasteiger partial charge in [0.25, 0.3) is 0 Å². The Morgan fingerprint density at radius 1 is 1.25 bits per heavy atom. The lowest BCUT2D eigenvalue weighted by atomic mass is 10.00. The maximum atomic E-state index is 5.26. The van der Waals surface area contributed by atoms with E-state index in [0.29, 0.717) is 5.92 Å². The highest BCUT2D eigenvalue weighted by atomic mass is 16.5. The van der Waals surface area contributed by atoms with Crippen LogP contribution in [0.4, 0.5) is 0 Å². The first-order valence-electron chi connectivity index (χ1n) is 6.37. The summed E-state index contributed by atoms with van der Waals surface area (Å²) in [5.74, 6) is 2.25. The molecule has 1 saturated carbocycles. The SMILES string of the molecule is CNCCc1nc(C2CCCCCC2)no1. The summed E-state index contributed by atoms with van der Waals surface area (Å²) in [5, 5.41) is 7.21. The fourth-order valence-corrected chi connectivity index (χ4v) is 2.30. The third-order valence-electron chi connectivity index (χ3n) is 3.29. The largest absolute Gasteiger partial charge is 0.339 e. The molecule has 1 fully saturated rings. The van der Waals surface area contributed by atoms with Crippen molar-refractivity contribution in [3.63, 3.8) is 0 Å². The second-order valence-electron chi connectivity index (χ2n) is 4.59. The van der Waals surface area contributed by atoms with Crippen molar-refractivity contribution in [1.82, 2.24) is 15.5 Å². The van der Waals surface area contributed by atoms with Gasteiger partial charge in [-0.25, -0.2) is 0 Å². The highest BCUT2D eigenvalue weighted by molar-refractivity contribution is 4.96. The Bertz CT molecular complexity index is 303. The Kier molecular flexibility index (Phi) is 4.34. The van der Waals surface area contributed by atoms with Crippen LogP contribution in [0.15, 0.2) is 4.52 Å². The minimum absolute atomic E-state index is 0.537. The number of aromatic nitrogens is 2. The smallest absolute Gasteiger partial charge is 0.227 e. The van der Waals surface area contributed by atoms with Gasteiger partial charge in [-0.05, 0) is 19.9 Å². The maximum Gasteiger partial charge on any atom is 0.227 e. The van der Waals surface area contributed by atoms with Crippen LogP contribution in [0.3, 0.4) is 0 Å². The molecule has 90 valence electrons. The van der Waals surface area contributed by atoms with Gasteiger partial charge in [-0.3, -0.25) is 0 Å². The average Bonchev–Trinajstić information content (AvgIpc) is 2.60. The lowest BCUT2D eigenvalue weighted by Gasteiger charge is -2.07. The maximum absolute atomic E-state index is 5.26. The van der Waals surface area contributed by atoms with Gasteiger partial charge in [-0.15, -0.1) is 0 Å².